The third-order valence-corrected chi connectivity index (χ3v) is 3.33. The summed E-state index contributed by atoms with van der Waals surface area (Å²) in [5, 5.41) is 3.27. The molecule has 0 heterocycles. The van der Waals surface area contributed by atoms with Crippen LogP contribution < -0.4 is 14.8 Å². The molecule has 0 radical (unpaired) electrons. The Kier molecular flexibility index (Phi) is 5.17. The van der Waals surface area contributed by atoms with Crippen LogP contribution in [0, 0.1) is 5.82 Å². The summed E-state index contributed by atoms with van der Waals surface area (Å²) >= 11 is 0. The molecule has 3 nitrogen and oxygen atoms in total. The number of rotatable bonds is 6. The molecule has 0 aliphatic heterocycles. The van der Waals surface area contributed by atoms with Crippen LogP contribution in [0.3, 0.4) is 0 Å². The van der Waals surface area contributed by atoms with Crippen molar-refractivity contribution in [2.24, 2.45) is 0 Å². The fourth-order valence-corrected chi connectivity index (χ4v) is 2.23. The average Bonchev–Trinajstić information content (AvgIpc) is 2.53. The Morgan fingerprint density at radius 1 is 1.00 bits per heavy atom. The molecule has 0 unspecified atom stereocenters. The zero-order chi connectivity index (χ0) is 15.2. The first-order valence-corrected chi connectivity index (χ1v) is 6.91. The highest BCUT2D eigenvalue weighted by atomic mass is 19.1. The lowest BCUT2D eigenvalue weighted by Crippen LogP contribution is -2.12. The van der Waals surface area contributed by atoms with Crippen LogP contribution in [0.5, 0.6) is 11.5 Å². The number of halogens is 1. The molecule has 21 heavy (non-hydrogen) atoms. The second kappa shape index (κ2) is 7.09. The van der Waals surface area contributed by atoms with Crippen LogP contribution in [-0.4, -0.2) is 20.8 Å². The second-order valence-corrected chi connectivity index (χ2v) is 4.65. The maximum atomic E-state index is 13.6. The van der Waals surface area contributed by atoms with Gasteiger partial charge in [0.25, 0.3) is 0 Å². The molecule has 0 bridgehead atoms. The molecule has 4 heteroatoms. The van der Waals surface area contributed by atoms with E-state index in [-0.39, 0.29) is 5.82 Å². The van der Waals surface area contributed by atoms with E-state index in [2.05, 4.69) is 5.32 Å². The van der Waals surface area contributed by atoms with Crippen molar-refractivity contribution in [3.8, 4) is 22.6 Å². The van der Waals surface area contributed by atoms with Crippen molar-refractivity contribution in [2.75, 3.05) is 20.8 Å². The Morgan fingerprint density at radius 3 is 2.43 bits per heavy atom. The first kappa shape index (κ1) is 15.3. The van der Waals surface area contributed by atoms with Gasteiger partial charge in [-0.05, 0) is 47.5 Å². The normalized spacial score (nSPS) is 10.5. The zero-order valence-corrected chi connectivity index (χ0v) is 12.6. The molecule has 0 atom stereocenters. The summed E-state index contributed by atoms with van der Waals surface area (Å²) in [4.78, 5) is 0. The van der Waals surface area contributed by atoms with Crippen LogP contribution in [-0.2, 0) is 6.54 Å². The van der Waals surface area contributed by atoms with Gasteiger partial charge in [-0.2, -0.15) is 0 Å². The molecule has 0 saturated carbocycles. The largest absolute Gasteiger partial charge is 0.493 e. The Morgan fingerprint density at radius 2 is 1.76 bits per heavy atom. The molecular weight excluding hydrogens is 269 g/mol. The van der Waals surface area contributed by atoms with Gasteiger partial charge in [-0.3, -0.25) is 0 Å². The Hall–Kier alpha value is -2.07. The summed E-state index contributed by atoms with van der Waals surface area (Å²) in [7, 11) is 3.18. The van der Waals surface area contributed by atoms with Crippen molar-refractivity contribution in [2.45, 2.75) is 13.5 Å². The summed E-state index contributed by atoms with van der Waals surface area (Å²) in [6.07, 6.45) is 0. The fraction of sp³-hybridized carbons (Fsp3) is 0.294. The van der Waals surface area contributed by atoms with E-state index in [1.807, 2.05) is 31.2 Å². The van der Waals surface area contributed by atoms with Gasteiger partial charge in [0, 0.05) is 6.54 Å². The SMILES string of the molecule is CCNCc1ccc(F)cc1-c1ccc(OC)c(OC)c1. The van der Waals surface area contributed by atoms with Gasteiger partial charge in [0.1, 0.15) is 5.82 Å². The van der Waals surface area contributed by atoms with E-state index < -0.39 is 0 Å². The fourth-order valence-electron chi connectivity index (χ4n) is 2.23. The van der Waals surface area contributed by atoms with E-state index in [1.54, 1.807) is 20.3 Å². The summed E-state index contributed by atoms with van der Waals surface area (Å²) in [5.41, 5.74) is 2.81. The van der Waals surface area contributed by atoms with Crippen LogP contribution in [0.15, 0.2) is 36.4 Å². The summed E-state index contributed by atoms with van der Waals surface area (Å²) in [6.45, 7) is 3.60. The molecular formula is C17H20FNO2. The van der Waals surface area contributed by atoms with E-state index in [4.69, 9.17) is 9.47 Å². The van der Waals surface area contributed by atoms with E-state index >= 15 is 0 Å². The topological polar surface area (TPSA) is 30.5 Å². The van der Waals surface area contributed by atoms with Crippen molar-refractivity contribution in [1.29, 1.82) is 0 Å². The maximum Gasteiger partial charge on any atom is 0.161 e. The van der Waals surface area contributed by atoms with Crippen LogP contribution in [0.1, 0.15) is 12.5 Å². The summed E-state index contributed by atoms with van der Waals surface area (Å²) in [5.74, 6) is 1.04. The minimum absolute atomic E-state index is 0.250. The van der Waals surface area contributed by atoms with Gasteiger partial charge in [-0.25, -0.2) is 4.39 Å². The van der Waals surface area contributed by atoms with Crippen LogP contribution in [0.25, 0.3) is 11.1 Å². The minimum Gasteiger partial charge on any atom is -0.493 e. The van der Waals surface area contributed by atoms with Gasteiger partial charge in [-0.1, -0.05) is 19.1 Å². The highest BCUT2D eigenvalue weighted by Crippen LogP contribution is 2.34. The van der Waals surface area contributed by atoms with Gasteiger partial charge in [0.2, 0.25) is 0 Å². The molecule has 0 spiro atoms. The lowest BCUT2D eigenvalue weighted by atomic mass is 9.99. The maximum absolute atomic E-state index is 13.6. The highest BCUT2D eigenvalue weighted by Gasteiger charge is 2.10. The van der Waals surface area contributed by atoms with Gasteiger partial charge in [-0.15, -0.1) is 0 Å². The molecule has 0 fully saturated rings. The molecule has 2 aromatic carbocycles. The number of ether oxygens (including phenoxy) is 2. The van der Waals surface area contributed by atoms with Crippen molar-refractivity contribution in [1.82, 2.24) is 5.32 Å². The van der Waals surface area contributed by atoms with Crippen LogP contribution >= 0.6 is 0 Å². The van der Waals surface area contributed by atoms with E-state index in [0.717, 1.165) is 23.2 Å². The highest BCUT2D eigenvalue weighted by molar-refractivity contribution is 5.70. The van der Waals surface area contributed by atoms with Crippen LogP contribution in [0.2, 0.25) is 0 Å². The van der Waals surface area contributed by atoms with Crippen molar-refractivity contribution >= 4 is 0 Å². The van der Waals surface area contributed by atoms with Crippen molar-refractivity contribution in [3.05, 3.63) is 47.8 Å². The molecule has 0 aromatic heterocycles. The lowest BCUT2D eigenvalue weighted by Gasteiger charge is -2.13. The molecule has 112 valence electrons. The smallest absolute Gasteiger partial charge is 0.161 e. The molecule has 2 aromatic rings. The first-order chi connectivity index (χ1) is 10.2. The number of nitrogens with one attached hydrogen (secondary N) is 1. The first-order valence-electron chi connectivity index (χ1n) is 6.91. The molecule has 1 N–H and O–H groups in total. The quantitative estimate of drug-likeness (QED) is 0.881. The Balaban J connectivity index is 2.47. The standard InChI is InChI=1S/C17H20FNO2/c1-4-19-11-13-5-7-14(18)10-15(13)12-6-8-16(20-2)17(9-12)21-3/h5-10,19H,4,11H2,1-3H3. The summed E-state index contributed by atoms with van der Waals surface area (Å²) in [6, 6.07) is 10.4. The number of hydrogen-bond acceptors (Lipinski definition) is 3. The molecule has 0 aliphatic carbocycles. The van der Waals surface area contributed by atoms with Gasteiger partial charge in [0.15, 0.2) is 11.5 Å². The molecule has 0 aliphatic rings. The molecule has 0 amide bonds. The number of methoxy groups -OCH3 is 2. The predicted molar refractivity (Wildman–Crippen MR) is 82.3 cm³/mol. The second-order valence-electron chi connectivity index (χ2n) is 4.65. The lowest BCUT2D eigenvalue weighted by molar-refractivity contribution is 0.355. The number of hydrogen-bond donors (Lipinski definition) is 1. The summed E-state index contributed by atoms with van der Waals surface area (Å²) < 4.78 is 24.2. The minimum atomic E-state index is -0.250. The van der Waals surface area contributed by atoms with Crippen molar-refractivity contribution < 1.29 is 13.9 Å². The molecule has 0 saturated heterocycles. The van der Waals surface area contributed by atoms with Gasteiger partial charge in [0.05, 0.1) is 14.2 Å². The average molecular weight is 289 g/mol. The van der Waals surface area contributed by atoms with Crippen molar-refractivity contribution in [3.63, 3.8) is 0 Å². The van der Waals surface area contributed by atoms with E-state index in [1.165, 1.54) is 6.07 Å². The predicted octanol–water partition coefficient (Wildman–Crippen LogP) is 3.62. The van der Waals surface area contributed by atoms with Gasteiger partial charge < -0.3 is 14.8 Å². The Labute approximate surface area is 124 Å². The third kappa shape index (κ3) is 3.52. The monoisotopic (exact) mass is 289 g/mol. The zero-order valence-electron chi connectivity index (χ0n) is 12.6. The van der Waals surface area contributed by atoms with E-state index in [9.17, 15) is 4.39 Å². The Bertz CT molecular complexity index is 614. The molecule has 2 rings (SSSR count). The third-order valence-electron chi connectivity index (χ3n) is 3.33. The van der Waals surface area contributed by atoms with E-state index in [0.29, 0.717) is 18.0 Å². The van der Waals surface area contributed by atoms with Crippen LogP contribution in [0.4, 0.5) is 4.39 Å². The number of benzene rings is 2. The van der Waals surface area contributed by atoms with Gasteiger partial charge >= 0.3 is 0 Å².